The Kier molecular flexibility index (Phi) is 3.65. The molecule has 3 aliphatic rings. The number of amides is 1. The highest BCUT2D eigenvalue weighted by molar-refractivity contribution is 8.01. The van der Waals surface area contributed by atoms with Crippen LogP contribution in [-0.4, -0.2) is 11.4 Å². The minimum absolute atomic E-state index is 0.149. The van der Waals surface area contributed by atoms with Crippen LogP contribution in [-0.2, 0) is 15.1 Å². The molecule has 31 heavy (non-hydrogen) atoms. The average Bonchev–Trinajstić information content (AvgIpc) is 3.24. The van der Waals surface area contributed by atoms with Gasteiger partial charge in [-0.05, 0) is 50.5 Å². The summed E-state index contributed by atoms with van der Waals surface area (Å²) in [6.45, 7) is 8.92. The first-order chi connectivity index (χ1) is 14.8. The molecule has 3 nitrogen and oxygen atoms in total. The number of hydrogen-bond acceptors (Lipinski definition) is 3. The van der Waals surface area contributed by atoms with E-state index in [1.807, 2.05) is 12.1 Å². The molecule has 2 atom stereocenters. The molecule has 0 saturated heterocycles. The highest BCUT2D eigenvalue weighted by atomic mass is 32.2. The Hall–Kier alpha value is -2.72. The van der Waals surface area contributed by atoms with Crippen LogP contribution < -0.4 is 10.2 Å². The number of thioether (sulfide) groups is 1. The lowest BCUT2D eigenvalue weighted by atomic mass is 9.65. The maximum Gasteiger partial charge on any atom is 0.268 e. The number of anilines is 2. The molecule has 6 rings (SSSR count). The first-order valence-corrected chi connectivity index (χ1v) is 11.7. The fourth-order valence-corrected chi connectivity index (χ4v) is 7.33. The number of benzene rings is 3. The van der Waals surface area contributed by atoms with E-state index >= 15 is 0 Å². The van der Waals surface area contributed by atoms with Crippen LogP contribution in [0, 0.1) is 6.92 Å². The van der Waals surface area contributed by atoms with Crippen molar-refractivity contribution in [3.63, 3.8) is 0 Å². The van der Waals surface area contributed by atoms with E-state index in [-0.39, 0.29) is 16.9 Å². The molecule has 3 aliphatic heterocycles. The van der Waals surface area contributed by atoms with Gasteiger partial charge in [0.2, 0.25) is 0 Å². The minimum Gasteiger partial charge on any atom is -0.358 e. The third-order valence-corrected chi connectivity index (χ3v) is 8.60. The van der Waals surface area contributed by atoms with Gasteiger partial charge in [-0.3, -0.25) is 4.79 Å². The molecule has 3 aromatic carbocycles. The van der Waals surface area contributed by atoms with Crippen molar-refractivity contribution in [2.45, 2.75) is 54.8 Å². The van der Waals surface area contributed by atoms with E-state index in [4.69, 9.17) is 0 Å². The minimum atomic E-state index is -0.793. The van der Waals surface area contributed by atoms with Gasteiger partial charge in [0.1, 0.15) is 0 Å². The lowest BCUT2D eigenvalue weighted by Gasteiger charge is -2.50. The van der Waals surface area contributed by atoms with Gasteiger partial charge >= 0.3 is 0 Å². The van der Waals surface area contributed by atoms with Crippen LogP contribution in [0.25, 0.3) is 0 Å². The maximum absolute atomic E-state index is 14.2. The molecule has 0 unspecified atom stereocenters. The summed E-state index contributed by atoms with van der Waals surface area (Å²) in [5, 5.41) is 3.64. The molecule has 156 valence electrons. The van der Waals surface area contributed by atoms with Crippen LogP contribution >= 0.6 is 11.8 Å². The predicted octanol–water partition coefficient (Wildman–Crippen LogP) is 6.20. The molecule has 0 bridgehead atoms. The number of hydrogen-bond donors (Lipinski definition) is 1. The van der Waals surface area contributed by atoms with Crippen molar-refractivity contribution < 1.29 is 4.79 Å². The summed E-state index contributed by atoms with van der Waals surface area (Å²) in [6.07, 6.45) is 0.874. The van der Waals surface area contributed by atoms with E-state index in [0.717, 1.165) is 28.3 Å². The third-order valence-electron chi connectivity index (χ3n) is 7.22. The van der Waals surface area contributed by atoms with Gasteiger partial charge < -0.3 is 10.2 Å². The number of aryl methyl sites for hydroxylation is 1. The quantitative estimate of drug-likeness (QED) is 0.503. The topological polar surface area (TPSA) is 32.3 Å². The van der Waals surface area contributed by atoms with Crippen LogP contribution in [0.1, 0.15) is 49.4 Å². The number of carbonyl (C=O) groups excluding carboxylic acids is 1. The van der Waals surface area contributed by atoms with Crippen LogP contribution in [0.2, 0.25) is 0 Å². The fourth-order valence-electron chi connectivity index (χ4n) is 6.02. The van der Waals surface area contributed by atoms with Gasteiger partial charge in [-0.15, -0.1) is 0 Å². The number of rotatable bonds is 1. The zero-order valence-corrected chi connectivity index (χ0v) is 19.1. The zero-order chi connectivity index (χ0) is 21.6. The molecule has 0 aromatic heterocycles. The van der Waals surface area contributed by atoms with E-state index in [0.29, 0.717) is 0 Å². The normalized spacial score (nSPS) is 27.2. The molecule has 1 amide bonds. The van der Waals surface area contributed by atoms with Crippen LogP contribution in [0.15, 0.2) is 71.6 Å². The second-order valence-electron chi connectivity index (χ2n) is 9.94. The summed E-state index contributed by atoms with van der Waals surface area (Å²) < 4.78 is 0. The van der Waals surface area contributed by atoms with Crippen LogP contribution in [0.5, 0.6) is 0 Å². The predicted molar refractivity (Wildman–Crippen MR) is 128 cm³/mol. The van der Waals surface area contributed by atoms with Gasteiger partial charge in [0.15, 0.2) is 4.87 Å². The summed E-state index contributed by atoms with van der Waals surface area (Å²) in [5.41, 5.74) is 6.53. The standard InChI is InChI=1S/C27H26N2OS/c1-17-14-19-23-20(15-17)27(28-21-12-8-9-13-22(21)31-27)24(30)29(23)25(2,3)16-26(19,4)18-10-6-5-7-11-18/h5-15,28H,16H2,1-4H3/t26-,27+/m1/s1. The smallest absolute Gasteiger partial charge is 0.268 e. The van der Waals surface area contributed by atoms with Crippen molar-refractivity contribution in [3.05, 3.63) is 89.0 Å². The maximum atomic E-state index is 14.2. The Morgan fingerprint density at radius 3 is 2.35 bits per heavy atom. The molecule has 0 aliphatic carbocycles. The largest absolute Gasteiger partial charge is 0.358 e. The Bertz CT molecular complexity index is 1220. The molecular formula is C27H26N2OS. The van der Waals surface area contributed by atoms with Crippen LogP contribution in [0.4, 0.5) is 11.4 Å². The summed E-state index contributed by atoms with van der Waals surface area (Å²) in [7, 11) is 0. The first-order valence-electron chi connectivity index (χ1n) is 10.9. The summed E-state index contributed by atoms with van der Waals surface area (Å²) >= 11 is 1.66. The van der Waals surface area contributed by atoms with Crippen molar-refractivity contribution in [2.75, 3.05) is 10.2 Å². The van der Waals surface area contributed by atoms with E-state index in [9.17, 15) is 4.79 Å². The molecule has 3 aromatic rings. The summed E-state index contributed by atoms with van der Waals surface area (Å²) in [4.78, 5) is 16.6. The van der Waals surface area contributed by atoms with Gasteiger partial charge in [0, 0.05) is 27.1 Å². The van der Waals surface area contributed by atoms with Gasteiger partial charge in [-0.2, -0.15) is 0 Å². The zero-order valence-electron chi connectivity index (χ0n) is 18.3. The first kappa shape index (κ1) is 19.0. The molecule has 1 spiro atoms. The number of nitrogens with zero attached hydrogens (tertiary/aromatic N) is 1. The van der Waals surface area contributed by atoms with Gasteiger partial charge in [0.25, 0.3) is 5.91 Å². The monoisotopic (exact) mass is 426 g/mol. The Morgan fingerprint density at radius 2 is 1.61 bits per heavy atom. The summed E-state index contributed by atoms with van der Waals surface area (Å²) in [5.74, 6) is 0.149. The second-order valence-corrected chi connectivity index (χ2v) is 11.2. The van der Waals surface area contributed by atoms with Gasteiger partial charge in [0.05, 0.1) is 5.69 Å². The van der Waals surface area contributed by atoms with E-state index in [1.54, 1.807) is 11.8 Å². The average molecular weight is 427 g/mol. The van der Waals surface area contributed by atoms with E-state index in [1.165, 1.54) is 16.7 Å². The number of carbonyl (C=O) groups is 1. The molecule has 0 saturated carbocycles. The molecule has 0 radical (unpaired) electrons. The van der Waals surface area contributed by atoms with Crippen LogP contribution in [0.3, 0.4) is 0 Å². The summed E-state index contributed by atoms with van der Waals surface area (Å²) in [6, 6.07) is 23.5. The van der Waals surface area contributed by atoms with Gasteiger partial charge in [-0.25, -0.2) is 0 Å². The van der Waals surface area contributed by atoms with Crippen molar-refractivity contribution >= 4 is 29.0 Å². The lowest BCUT2D eigenvalue weighted by molar-refractivity contribution is -0.120. The van der Waals surface area contributed by atoms with Crippen molar-refractivity contribution in [1.29, 1.82) is 0 Å². The lowest BCUT2D eigenvalue weighted by Crippen LogP contribution is -2.56. The molecular weight excluding hydrogens is 400 g/mol. The Balaban J connectivity index is 1.65. The number of fused-ring (bicyclic) bond motifs is 2. The molecule has 0 fully saturated rings. The fraction of sp³-hybridized carbons (Fsp3) is 0.296. The van der Waals surface area contributed by atoms with Gasteiger partial charge in [-0.1, -0.05) is 78.8 Å². The number of para-hydroxylation sites is 1. The third kappa shape index (κ3) is 2.34. The molecule has 3 heterocycles. The Morgan fingerprint density at radius 1 is 0.935 bits per heavy atom. The Labute approximate surface area is 187 Å². The number of nitrogens with one attached hydrogen (secondary N) is 1. The van der Waals surface area contributed by atoms with Crippen molar-refractivity contribution in [3.8, 4) is 0 Å². The van der Waals surface area contributed by atoms with E-state index < -0.39 is 4.87 Å². The highest BCUT2D eigenvalue weighted by Gasteiger charge is 2.62. The van der Waals surface area contributed by atoms with Crippen molar-refractivity contribution in [2.24, 2.45) is 0 Å². The van der Waals surface area contributed by atoms with Crippen molar-refractivity contribution in [1.82, 2.24) is 0 Å². The second kappa shape index (κ2) is 5.95. The SMILES string of the molecule is Cc1cc2c3c(c1)[C@@]1(Nc4ccccc4S1)C(=O)N3C(C)(C)C[C@]2(C)c1ccccc1. The highest BCUT2D eigenvalue weighted by Crippen LogP contribution is 2.63. The molecule has 1 N–H and O–H groups in total. The molecule has 4 heteroatoms. The van der Waals surface area contributed by atoms with E-state index in [2.05, 4.69) is 92.5 Å².